The quantitative estimate of drug-likeness (QED) is 0.800. The number of benzene rings is 1. The number of aliphatic hydroxyl groups is 1. The second kappa shape index (κ2) is 5.29. The van der Waals surface area contributed by atoms with E-state index >= 15 is 0 Å². The third-order valence-electron chi connectivity index (χ3n) is 2.92. The van der Waals surface area contributed by atoms with Crippen LogP contribution >= 0.6 is 0 Å². The average Bonchev–Trinajstić information content (AvgIpc) is 2.27. The molecule has 0 radical (unpaired) electrons. The summed E-state index contributed by atoms with van der Waals surface area (Å²) in [7, 11) is 2.07. The van der Waals surface area contributed by atoms with Crippen LogP contribution in [0.4, 0.5) is 0 Å². The summed E-state index contributed by atoms with van der Waals surface area (Å²) >= 11 is 0. The highest BCUT2D eigenvalue weighted by Gasteiger charge is 2.22. The molecule has 0 saturated heterocycles. The van der Waals surface area contributed by atoms with Gasteiger partial charge in [0, 0.05) is 6.54 Å². The molecule has 0 spiro atoms. The summed E-state index contributed by atoms with van der Waals surface area (Å²) in [5.74, 6) is 0. The van der Waals surface area contributed by atoms with Crippen LogP contribution in [0, 0.1) is 0 Å². The number of hydrogen-bond acceptors (Lipinski definition) is 2. The van der Waals surface area contributed by atoms with E-state index in [1.807, 2.05) is 37.3 Å². The lowest BCUT2D eigenvalue weighted by atomic mass is 9.92. The molecule has 1 aromatic carbocycles. The molecule has 0 aromatic heterocycles. The Bertz CT molecular complexity index is 282. The first-order valence-corrected chi connectivity index (χ1v) is 5.52. The number of hydrogen-bond donors (Lipinski definition) is 1. The van der Waals surface area contributed by atoms with E-state index in [9.17, 15) is 5.11 Å². The summed E-state index contributed by atoms with van der Waals surface area (Å²) in [5, 5.41) is 10.3. The monoisotopic (exact) mass is 207 g/mol. The van der Waals surface area contributed by atoms with Crippen LogP contribution in [-0.2, 0) is 5.60 Å². The Kier molecular flexibility index (Phi) is 4.30. The minimum absolute atomic E-state index is 0.718. The maximum absolute atomic E-state index is 10.3. The van der Waals surface area contributed by atoms with Gasteiger partial charge in [-0.1, -0.05) is 37.3 Å². The molecule has 1 unspecified atom stereocenters. The summed E-state index contributed by atoms with van der Waals surface area (Å²) in [4.78, 5) is 2.21. The Labute approximate surface area is 92.5 Å². The van der Waals surface area contributed by atoms with E-state index in [0.29, 0.717) is 0 Å². The van der Waals surface area contributed by atoms with Gasteiger partial charge in [-0.2, -0.15) is 0 Å². The third-order valence-corrected chi connectivity index (χ3v) is 2.92. The molecule has 1 rings (SSSR count). The zero-order valence-electron chi connectivity index (χ0n) is 9.90. The van der Waals surface area contributed by atoms with Crippen molar-refractivity contribution in [1.29, 1.82) is 0 Å². The number of nitrogens with zero attached hydrogens (tertiary/aromatic N) is 1. The van der Waals surface area contributed by atoms with Crippen molar-refractivity contribution in [2.45, 2.75) is 25.9 Å². The first kappa shape index (κ1) is 12.2. The fraction of sp³-hybridized carbons (Fsp3) is 0.538. The molecule has 2 nitrogen and oxygen atoms in total. The lowest BCUT2D eigenvalue weighted by Gasteiger charge is -2.26. The van der Waals surface area contributed by atoms with Crippen molar-refractivity contribution in [3.8, 4) is 0 Å². The van der Waals surface area contributed by atoms with Gasteiger partial charge in [0.1, 0.15) is 0 Å². The van der Waals surface area contributed by atoms with Crippen molar-refractivity contribution < 1.29 is 5.11 Å². The van der Waals surface area contributed by atoms with Gasteiger partial charge < -0.3 is 10.0 Å². The van der Waals surface area contributed by atoms with Gasteiger partial charge >= 0.3 is 0 Å². The Morgan fingerprint density at radius 3 is 2.40 bits per heavy atom. The van der Waals surface area contributed by atoms with Crippen molar-refractivity contribution in [2.24, 2.45) is 0 Å². The molecular weight excluding hydrogens is 186 g/mol. The van der Waals surface area contributed by atoms with Crippen LogP contribution in [0.2, 0.25) is 0 Å². The largest absolute Gasteiger partial charge is 0.385 e. The highest BCUT2D eigenvalue weighted by Crippen LogP contribution is 2.23. The zero-order chi connectivity index (χ0) is 11.3. The maximum Gasteiger partial charge on any atom is 0.0880 e. The van der Waals surface area contributed by atoms with Crippen LogP contribution in [0.15, 0.2) is 30.3 Å². The van der Waals surface area contributed by atoms with E-state index in [1.165, 1.54) is 0 Å². The van der Waals surface area contributed by atoms with E-state index in [-0.39, 0.29) is 0 Å². The highest BCUT2D eigenvalue weighted by atomic mass is 16.3. The Balaban J connectivity index is 2.59. The van der Waals surface area contributed by atoms with Crippen LogP contribution in [0.25, 0.3) is 0 Å². The summed E-state index contributed by atoms with van der Waals surface area (Å²) in [5.41, 5.74) is 0.277. The fourth-order valence-corrected chi connectivity index (χ4v) is 1.51. The minimum Gasteiger partial charge on any atom is -0.385 e. The second-order valence-electron chi connectivity index (χ2n) is 4.29. The van der Waals surface area contributed by atoms with Gasteiger partial charge in [0.05, 0.1) is 5.60 Å². The SMILES string of the molecule is CCN(C)CCC(C)(O)c1ccccc1. The molecule has 0 aliphatic carbocycles. The molecule has 0 fully saturated rings. The maximum atomic E-state index is 10.3. The normalized spacial score (nSPS) is 15.3. The Morgan fingerprint density at radius 1 is 1.27 bits per heavy atom. The van der Waals surface area contributed by atoms with Crippen LogP contribution < -0.4 is 0 Å². The molecular formula is C13H21NO. The van der Waals surface area contributed by atoms with E-state index in [2.05, 4.69) is 18.9 Å². The number of rotatable bonds is 5. The van der Waals surface area contributed by atoms with Crippen molar-refractivity contribution in [3.63, 3.8) is 0 Å². The van der Waals surface area contributed by atoms with Crippen LogP contribution in [-0.4, -0.2) is 30.1 Å². The van der Waals surface area contributed by atoms with Gasteiger partial charge in [-0.15, -0.1) is 0 Å². The van der Waals surface area contributed by atoms with Crippen molar-refractivity contribution in [3.05, 3.63) is 35.9 Å². The molecule has 84 valence electrons. The Morgan fingerprint density at radius 2 is 1.87 bits per heavy atom. The smallest absolute Gasteiger partial charge is 0.0880 e. The molecule has 0 aliphatic rings. The molecule has 0 aliphatic heterocycles. The van der Waals surface area contributed by atoms with Crippen LogP contribution in [0.5, 0.6) is 0 Å². The first-order valence-electron chi connectivity index (χ1n) is 5.52. The van der Waals surface area contributed by atoms with Crippen molar-refractivity contribution >= 4 is 0 Å². The summed E-state index contributed by atoms with van der Waals surface area (Å²) < 4.78 is 0. The summed E-state index contributed by atoms with van der Waals surface area (Å²) in [6.07, 6.45) is 0.765. The molecule has 0 saturated carbocycles. The van der Waals surface area contributed by atoms with Crippen LogP contribution in [0.1, 0.15) is 25.8 Å². The van der Waals surface area contributed by atoms with Gasteiger partial charge in [-0.05, 0) is 32.5 Å². The lowest BCUT2D eigenvalue weighted by molar-refractivity contribution is 0.0389. The van der Waals surface area contributed by atoms with Crippen LogP contribution in [0.3, 0.4) is 0 Å². The predicted octanol–water partition coefficient (Wildman–Crippen LogP) is 2.24. The van der Waals surface area contributed by atoms with E-state index in [0.717, 1.165) is 25.1 Å². The topological polar surface area (TPSA) is 23.5 Å². The van der Waals surface area contributed by atoms with Gasteiger partial charge in [-0.25, -0.2) is 0 Å². The predicted molar refractivity (Wildman–Crippen MR) is 63.8 cm³/mol. The van der Waals surface area contributed by atoms with E-state index in [1.54, 1.807) is 0 Å². The molecule has 0 heterocycles. The fourth-order valence-electron chi connectivity index (χ4n) is 1.51. The molecule has 1 aromatic rings. The zero-order valence-corrected chi connectivity index (χ0v) is 9.90. The summed E-state index contributed by atoms with van der Waals surface area (Å²) in [6.45, 7) is 5.94. The van der Waals surface area contributed by atoms with E-state index < -0.39 is 5.60 Å². The minimum atomic E-state index is -0.718. The molecule has 0 amide bonds. The molecule has 1 atom stereocenters. The Hall–Kier alpha value is -0.860. The summed E-state index contributed by atoms with van der Waals surface area (Å²) in [6, 6.07) is 9.86. The average molecular weight is 207 g/mol. The van der Waals surface area contributed by atoms with Gasteiger partial charge in [-0.3, -0.25) is 0 Å². The lowest BCUT2D eigenvalue weighted by Crippen LogP contribution is -2.29. The highest BCUT2D eigenvalue weighted by molar-refractivity contribution is 5.21. The molecule has 15 heavy (non-hydrogen) atoms. The van der Waals surface area contributed by atoms with Gasteiger partial charge in [0.2, 0.25) is 0 Å². The second-order valence-corrected chi connectivity index (χ2v) is 4.29. The molecule has 0 bridgehead atoms. The third kappa shape index (κ3) is 3.65. The molecule has 2 heteroatoms. The van der Waals surface area contributed by atoms with Crippen molar-refractivity contribution in [2.75, 3.05) is 20.1 Å². The van der Waals surface area contributed by atoms with Crippen molar-refractivity contribution in [1.82, 2.24) is 4.90 Å². The standard InChI is InChI=1S/C13H21NO/c1-4-14(3)11-10-13(2,15)12-8-6-5-7-9-12/h5-9,15H,4,10-11H2,1-3H3. The van der Waals surface area contributed by atoms with E-state index in [4.69, 9.17) is 0 Å². The van der Waals surface area contributed by atoms with Gasteiger partial charge in [0.15, 0.2) is 0 Å². The molecule has 1 N–H and O–H groups in total. The first-order chi connectivity index (χ1) is 7.06. The van der Waals surface area contributed by atoms with Gasteiger partial charge in [0.25, 0.3) is 0 Å².